The molecule has 0 amide bonds. The minimum Gasteiger partial charge on any atom is -0.198 e. The molecule has 0 spiro atoms. The van der Waals surface area contributed by atoms with Gasteiger partial charge in [0.2, 0.25) is 5.69 Å². The smallest absolute Gasteiger partial charge is 0.198 e. The van der Waals surface area contributed by atoms with Gasteiger partial charge in [0.1, 0.15) is 7.05 Å². The van der Waals surface area contributed by atoms with Gasteiger partial charge in [-0.1, -0.05) is 67.4 Å². The first kappa shape index (κ1) is 19.5. The highest BCUT2D eigenvalue weighted by Crippen LogP contribution is 2.50. The highest BCUT2D eigenvalue weighted by Gasteiger charge is 2.36. The third kappa shape index (κ3) is 3.59. The highest BCUT2D eigenvalue weighted by atomic mass is 14.9. The molecular formula is C32H34N+. The molecule has 1 heteroatoms. The molecule has 0 radical (unpaired) electrons. The highest BCUT2D eigenvalue weighted by molar-refractivity contribution is 5.94. The van der Waals surface area contributed by atoms with Gasteiger partial charge in [-0.05, 0) is 83.7 Å². The van der Waals surface area contributed by atoms with Crippen molar-refractivity contribution < 1.29 is 5.94 Å². The van der Waals surface area contributed by atoms with Crippen molar-refractivity contribution in [3.05, 3.63) is 89.6 Å². The molecule has 3 aromatic carbocycles. The van der Waals surface area contributed by atoms with Gasteiger partial charge >= 0.3 is 0 Å². The van der Waals surface area contributed by atoms with Crippen LogP contribution in [0.3, 0.4) is 0 Å². The fraction of sp³-hybridized carbons (Fsp3) is 0.344. The van der Waals surface area contributed by atoms with Crippen LogP contribution in [0.1, 0.15) is 56.2 Å². The van der Waals surface area contributed by atoms with E-state index in [0.29, 0.717) is 12.0 Å². The Hall–Kier alpha value is -2.93. The average Bonchev–Trinajstić information content (AvgIpc) is 2.89. The van der Waals surface area contributed by atoms with E-state index in [0.717, 1.165) is 22.9 Å². The summed E-state index contributed by atoms with van der Waals surface area (Å²) in [6, 6.07) is 25.1. The Morgan fingerprint density at radius 1 is 0.848 bits per heavy atom. The lowest BCUT2D eigenvalue weighted by Gasteiger charge is -2.42. The summed E-state index contributed by atoms with van der Waals surface area (Å²) in [5, 5.41) is 2.30. The zero-order valence-electron chi connectivity index (χ0n) is 21.1. The summed E-state index contributed by atoms with van der Waals surface area (Å²) >= 11 is 0. The maximum atomic E-state index is 8.98. The number of nitrogens with zero attached hydrogens (tertiary/aromatic N) is 1. The fourth-order valence-corrected chi connectivity index (χ4v) is 6.58. The van der Waals surface area contributed by atoms with Crippen LogP contribution in [0, 0.1) is 25.7 Å². The van der Waals surface area contributed by atoms with Gasteiger partial charge < -0.3 is 0 Å². The van der Waals surface area contributed by atoms with Crippen LogP contribution >= 0.6 is 0 Å². The Balaban J connectivity index is 1.49. The molecule has 1 unspecified atom stereocenters. The molecule has 7 rings (SSSR count). The largest absolute Gasteiger partial charge is 0.220 e. The quantitative estimate of drug-likeness (QED) is 0.289. The molecule has 0 N–H and O–H groups in total. The molecule has 1 atom stereocenters. The molecule has 3 aliphatic rings. The lowest BCUT2D eigenvalue weighted by molar-refractivity contribution is -0.665. The number of hydrogen-bond donors (Lipinski definition) is 0. The van der Waals surface area contributed by atoms with Gasteiger partial charge in [-0.15, -0.1) is 0 Å². The van der Waals surface area contributed by atoms with Crippen LogP contribution in [-0.4, -0.2) is 0 Å². The molecule has 3 saturated carbocycles. The molecule has 0 aliphatic heterocycles. The van der Waals surface area contributed by atoms with Crippen molar-refractivity contribution in [2.45, 2.75) is 51.9 Å². The number of aryl methyl sites for hydroxylation is 1. The third-order valence-electron chi connectivity index (χ3n) is 8.52. The van der Waals surface area contributed by atoms with E-state index < -0.39 is 0 Å². The predicted octanol–water partition coefficient (Wildman–Crippen LogP) is 7.91. The molecule has 0 saturated heterocycles. The summed E-state index contributed by atoms with van der Waals surface area (Å²) in [5.41, 5.74) is 8.72. The summed E-state index contributed by atoms with van der Waals surface area (Å²) < 4.78 is 11.2. The second kappa shape index (κ2) is 8.13. The van der Waals surface area contributed by atoms with Gasteiger partial charge in [0, 0.05) is 18.5 Å². The van der Waals surface area contributed by atoms with Gasteiger partial charge in [0.25, 0.3) is 0 Å². The normalized spacial score (nSPS) is 22.5. The number of hydrogen-bond acceptors (Lipinski definition) is 0. The van der Waals surface area contributed by atoms with Crippen molar-refractivity contribution in [2.75, 3.05) is 0 Å². The number of benzene rings is 3. The molecule has 166 valence electrons. The topological polar surface area (TPSA) is 3.88 Å². The average molecular weight is 434 g/mol. The predicted molar refractivity (Wildman–Crippen MR) is 138 cm³/mol. The monoisotopic (exact) mass is 433 g/mol. The zero-order valence-corrected chi connectivity index (χ0v) is 20.1. The Bertz CT molecular complexity index is 1380. The first-order valence-electron chi connectivity index (χ1n) is 13.1. The van der Waals surface area contributed by atoms with Crippen LogP contribution < -0.4 is 4.57 Å². The van der Waals surface area contributed by atoms with Crippen molar-refractivity contribution in [2.24, 2.45) is 18.9 Å². The standard InChI is InChI=1S/C32H34N/c1-21-17-26(24-7-5-4-6-8-24)13-15-29(21)32-30-16-14-27(20-28(30)18-22(2)33(32)3)31-19-23-9-11-25(31)12-10-23/h4-8,13-18,20,23,25,31H,9-12,19H2,1-3H3/q+1/i18D. The van der Waals surface area contributed by atoms with Crippen molar-refractivity contribution in [3.63, 3.8) is 0 Å². The van der Waals surface area contributed by atoms with Crippen molar-refractivity contribution in [1.29, 1.82) is 0 Å². The van der Waals surface area contributed by atoms with E-state index in [1.165, 1.54) is 71.0 Å². The van der Waals surface area contributed by atoms with Gasteiger partial charge in [-0.3, -0.25) is 0 Å². The Morgan fingerprint density at radius 3 is 2.33 bits per heavy atom. The Morgan fingerprint density at radius 2 is 1.64 bits per heavy atom. The molecular weight excluding hydrogens is 398 g/mol. The van der Waals surface area contributed by atoms with E-state index in [2.05, 4.69) is 92.2 Å². The minimum atomic E-state index is 0.669. The van der Waals surface area contributed by atoms with Crippen molar-refractivity contribution in [1.82, 2.24) is 0 Å². The third-order valence-corrected chi connectivity index (χ3v) is 8.52. The number of aromatic nitrogens is 1. The molecule has 1 aromatic heterocycles. The summed E-state index contributed by atoms with van der Waals surface area (Å²) in [6.45, 7) is 4.30. The van der Waals surface area contributed by atoms with Gasteiger partial charge in [-0.25, -0.2) is 0 Å². The fourth-order valence-electron chi connectivity index (χ4n) is 6.58. The van der Waals surface area contributed by atoms with E-state index in [1.54, 1.807) is 0 Å². The van der Waals surface area contributed by atoms with E-state index in [1.807, 2.05) is 0 Å². The lowest BCUT2D eigenvalue weighted by atomic mass is 9.63. The number of fused-ring (bicyclic) bond motifs is 4. The van der Waals surface area contributed by atoms with Crippen molar-refractivity contribution in [3.8, 4) is 22.4 Å². The summed E-state index contributed by atoms with van der Waals surface area (Å²) in [6.07, 6.45) is 6.98. The molecule has 4 aromatic rings. The molecule has 2 bridgehead atoms. The molecule has 3 aliphatic carbocycles. The maximum Gasteiger partial charge on any atom is 0.220 e. The zero-order chi connectivity index (χ0) is 23.4. The first-order chi connectivity index (χ1) is 16.5. The van der Waals surface area contributed by atoms with Crippen LogP contribution in [0.15, 0.2) is 72.8 Å². The molecule has 1 nitrogen and oxygen atoms in total. The second-order valence-electron chi connectivity index (χ2n) is 10.4. The van der Waals surface area contributed by atoms with Crippen LogP contribution in [0.2, 0.25) is 0 Å². The molecule has 33 heavy (non-hydrogen) atoms. The van der Waals surface area contributed by atoms with Crippen LogP contribution in [0.4, 0.5) is 0 Å². The van der Waals surface area contributed by atoms with E-state index in [-0.39, 0.29) is 0 Å². The van der Waals surface area contributed by atoms with Crippen molar-refractivity contribution >= 4 is 10.8 Å². The second-order valence-corrected chi connectivity index (χ2v) is 10.4. The van der Waals surface area contributed by atoms with Crippen LogP contribution in [0.25, 0.3) is 33.2 Å². The lowest BCUT2D eigenvalue weighted by Crippen LogP contribution is -2.35. The maximum absolute atomic E-state index is 8.98. The number of rotatable bonds is 3. The molecule has 3 fully saturated rings. The van der Waals surface area contributed by atoms with Crippen LogP contribution in [-0.2, 0) is 7.05 Å². The summed E-state index contributed by atoms with van der Waals surface area (Å²) in [4.78, 5) is 0. The van der Waals surface area contributed by atoms with E-state index >= 15 is 0 Å². The molecule has 1 heterocycles. The van der Waals surface area contributed by atoms with Crippen LogP contribution in [0.5, 0.6) is 0 Å². The summed E-state index contributed by atoms with van der Waals surface area (Å²) in [5.74, 6) is 2.43. The minimum absolute atomic E-state index is 0.669. The van der Waals surface area contributed by atoms with Gasteiger partial charge in [0.15, 0.2) is 5.69 Å². The SMILES string of the molecule is [2H]c1c(C)[n+](C)c(-c2ccc(-c3ccccc3)cc2C)c2ccc(C3CC4CCC3CC4)cc12. The van der Waals surface area contributed by atoms with E-state index in [9.17, 15) is 0 Å². The summed E-state index contributed by atoms with van der Waals surface area (Å²) in [7, 11) is 2.11. The number of pyridine rings is 1. The van der Waals surface area contributed by atoms with Gasteiger partial charge in [-0.2, -0.15) is 4.57 Å². The Kier molecular flexibility index (Phi) is 4.81. The van der Waals surface area contributed by atoms with Gasteiger partial charge in [0.05, 0.1) is 6.76 Å². The van der Waals surface area contributed by atoms with E-state index in [4.69, 9.17) is 1.37 Å². The Labute approximate surface area is 199 Å². The first-order valence-corrected chi connectivity index (χ1v) is 12.6.